The number of nitrogens with zero attached hydrogens (tertiary/aromatic N) is 4. The first kappa shape index (κ1) is 10.9. The molecule has 6 heteroatoms. The Morgan fingerprint density at radius 3 is 2.95 bits per heavy atom. The summed E-state index contributed by atoms with van der Waals surface area (Å²) in [6.07, 6.45) is 2.38. The molecular formula is C13H13N5S. The van der Waals surface area contributed by atoms with Gasteiger partial charge in [-0.2, -0.15) is 0 Å². The molecule has 0 aliphatic heterocycles. The van der Waals surface area contributed by atoms with Gasteiger partial charge >= 0.3 is 0 Å². The van der Waals surface area contributed by atoms with Crippen molar-refractivity contribution in [2.75, 3.05) is 5.73 Å². The molecular weight excluding hydrogens is 258 g/mol. The fourth-order valence-corrected chi connectivity index (χ4v) is 3.29. The monoisotopic (exact) mass is 271 g/mol. The van der Waals surface area contributed by atoms with Crippen molar-refractivity contribution in [3.63, 3.8) is 0 Å². The van der Waals surface area contributed by atoms with Crippen molar-refractivity contribution >= 4 is 27.4 Å². The summed E-state index contributed by atoms with van der Waals surface area (Å²) in [7, 11) is 0. The molecule has 1 aliphatic carbocycles. The molecule has 2 N–H and O–H groups in total. The summed E-state index contributed by atoms with van der Waals surface area (Å²) in [5.74, 6) is 1.12. The number of benzene rings is 1. The van der Waals surface area contributed by atoms with E-state index in [-0.39, 0.29) is 0 Å². The van der Waals surface area contributed by atoms with Crippen molar-refractivity contribution in [2.24, 2.45) is 0 Å². The highest BCUT2D eigenvalue weighted by Gasteiger charge is 2.30. The van der Waals surface area contributed by atoms with Crippen molar-refractivity contribution in [1.29, 1.82) is 0 Å². The van der Waals surface area contributed by atoms with Gasteiger partial charge in [-0.15, -0.1) is 16.4 Å². The van der Waals surface area contributed by atoms with Gasteiger partial charge in [0.05, 0.1) is 22.5 Å². The molecule has 1 fully saturated rings. The zero-order valence-electron chi connectivity index (χ0n) is 10.3. The van der Waals surface area contributed by atoms with Gasteiger partial charge in [-0.05, 0) is 25.0 Å². The van der Waals surface area contributed by atoms with Crippen LogP contribution in [0.25, 0.3) is 10.2 Å². The van der Waals surface area contributed by atoms with E-state index >= 15 is 0 Å². The first-order valence-electron chi connectivity index (χ1n) is 6.34. The van der Waals surface area contributed by atoms with Crippen molar-refractivity contribution in [3.05, 3.63) is 35.0 Å². The molecule has 0 atom stereocenters. The molecule has 19 heavy (non-hydrogen) atoms. The maximum Gasteiger partial charge on any atom is 0.169 e. The van der Waals surface area contributed by atoms with Gasteiger partial charge in [-0.3, -0.25) is 0 Å². The van der Waals surface area contributed by atoms with Crippen LogP contribution in [0.5, 0.6) is 0 Å². The van der Waals surface area contributed by atoms with Crippen LogP contribution in [0.1, 0.15) is 29.5 Å². The van der Waals surface area contributed by atoms with E-state index in [1.807, 2.05) is 22.9 Å². The van der Waals surface area contributed by atoms with Crippen molar-refractivity contribution in [2.45, 2.75) is 25.3 Å². The van der Waals surface area contributed by atoms with Gasteiger partial charge in [0, 0.05) is 5.92 Å². The van der Waals surface area contributed by atoms with Crippen LogP contribution >= 0.6 is 11.3 Å². The molecule has 0 amide bonds. The van der Waals surface area contributed by atoms with E-state index in [1.165, 1.54) is 17.5 Å². The summed E-state index contributed by atoms with van der Waals surface area (Å²) in [5, 5.41) is 9.20. The van der Waals surface area contributed by atoms with Crippen LogP contribution in [0, 0.1) is 0 Å². The third-order valence-electron chi connectivity index (χ3n) is 3.39. The topological polar surface area (TPSA) is 69.6 Å². The Hall–Kier alpha value is -1.95. The quantitative estimate of drug-likeness (QED) is 0.794. The predicted molar refractivity (Wildman–Crippen MR) is 75.1 cm³/mol. The number of hydrogen-bond donors (Lipinski definition) is 1. The zero-order valence-corrected chi connectivity index (χ0v) is 11.1. The van der Waals surface area contributed by atoms with Gasteiger partial charge in [0.15, 0.2) is 5.82 Å². The fourth-order valence-electron chi connectivity index (χ4n) is 2.34. The average Bonchev–Trinajstić information content (AvgIpc) is 3.05. The SMILES string of the molecule is Nc1nnn(Cc2nc3ccccc3s2)c1C1CC1. The van der Waals surface area contributed by atoms with Crippen molar-refractivity contribution in [1.82, 2.24) is 20.0 Å². The third-order valence-corrected chi connectivity index (χ3v) is 4.41. The van der Waals surface area contributed by atoms with Crippen LogP contribution in [-0.4, -0.2) is 20.0 Å². The van der Waals surface area contributed by atoms with Crippen molar-refractivity contribution in [3.8, 4) is 0 Å². The average molecular weight is 271 g/mol. The van der Waals surface area contributed by atoms with E-state index in [4.69, 9.17) is 5.73 Å². The molecule has 0 spiro atoms. The first-order chi connectivity index (χ1) is 9.31. The minimum Gasteiger partial charge on any atom is -0.381 e. The molecule has 0 unspecified atom stereocenters. The minimum atomic E-state index is 0.546. The van der Waals surface area contributed by atoms with E-state index in [1.54, 1.807) is 11.3 Å². The van der Waals surface area contributed by atoms with Crippen LogP contribution in [0.3, 0.4) is 0 Å². The lowest BCUT2D eigenvalue weighted by Gasteiger charge is -2.02. The lowest BCUT2D eigenvalue weighted by molar-refractivity contribution is 0.618. The summed E-state index contributed by atoms with van der Waals surface area (Å²) in [5.41, 5.74) is 8.03. The van der Waals surface area contributed by atoms with Crippen LogP contribution in [0.4, 0.5) is 5.82 Å². The number of rotatable bonds is 3. The molecule has 4 rings (SSSR count). The van der Waals surface area contributed by atoms with Gasteiger partial charge in [-0.1, -0.05) is 17.3 Å². The van der Waals surface area contributed by atoms with Crippen LogP contribution in [-0.2, 0) is 6.54 Å². The standard InChI is InChI=1S/C13H13N5S/c14-13-12(8-5-6-8)18(17-16-13)7-11-15-9-3-1-2-4-10(9)19-11/h1-4,8H,5-7,14H2. The Labute approximate surface area is 114 Å². The lowest BCUT2D eigenvalue weighted by atomic mass is 10.3. The summed E-state index contributed by atoms with van der Waals surface area (Å²) in [6, 6.07) is 8.17. The molecule has 2 heterocycles. The van der Waals surface area contributed by atoms with Gasteiger partial charge in [0.1, 0.15) is 5.01 Å². The lowest BCUT2D eigenvalue weighted by Crippen LogP contribution is -2.06. The molecule has 96 valence electrons. The summed E-state index contributed by atoms with van der Waals surface area (Å²) < 4.78 is 3.11. The Morgan fingerprint density at radius 2 is 2.16 bits per heavy atom. The highest BCUT2D eigenvalue weighted by Crippen LogP contribution is 2.42. The minimum absolute atomic E-state index is 0.546. The van der Waals surface area contributed by atoms with Crippen LogP contribution < -0.4 is 5.73 Å². The number of para-hydroxylation sites is 1. The molecule has 1 saturated carbocycles. The van der Waals surface area contributed by atoms with Gasteiger partial charge in [0.2, 0.25) is 0 Å². The van der Waals surface area contributed by atoms with Crippen LogP contribution in [0.2, 0.25) is 0 Å². The number of anilines is 1. The van der Waals surface area contributed by atoms with E-state index < -0.39 is 0 Å². The summed E-state index contributed by atoms with van der Waals surface area (Å²) in [4.78, 5) is 4.63. The normalized spacial score (nSPS) is 15.2. The number of nitrogen functional groups attached to an aromatic ring is 1. The summed E-state index contributed by atoms with van der Waals surface area (Å²) >= 11 is 1.70. The predicted octanol–water partition coefficient (Wildman–Crippen LogP) is 2.40. The molecule has 3 aromatic rings. The van der Waals surface area contributed by atoms with Gasteiger partial charge < -0.3 is 5.73 Å². The Morgan fingerprint density at radius 1 is 1.32 bits per heavy atom. The van der Waals surface area contributed by atoms with E-state index in [0.29, 0.717) is 18.3 Å². The van der Waals surface area contributed by atoms with Crippen LogP contribution in [0.15, 0.2) is 24.3 Å². The number of aromatic nitrogens is 4. The zero-order chi connectivity index (χ0) is 12.8. The molecule has 1 aromatic carbocycles. The second-order valence-corrected chi connectivity index (χ2v) is 5.98. The van der Waals surface area contributed by atoms with E-state index in [0.717, 1.165) is 16.2 Å². The molecule has 0 radical (unpaired) electrons. The smallest absolute Gasteiger partial charge is 0.169 e. The number of nitrogens with two attached hydrogens (primary N) is 1. The molecule has 0 saturated heterocycles. The second kappa shape index (κ2) is 4.03. The highest BCUT2D eigenvalue weighted by molar-refractivity contribution is 7.18. The third kappa shape index (κ3) is 1.88. The molecule has 5 nitrogen and oxygen atoms in total. The summed E-state index contributed by atoms with van der Waals surface area (Å²) in [6.45, 7) is 0.662. The van der Waals surface area contributed by atoms with Crippen molar-refractivity contribution < 1.29 is 0 Å². The number of thiazole rings is 1. The Kier molecular flexibility index (Phi) is 2.32. The second-order valence-electron chi connectivity index (χ2n) is 4.87. The molecule has 1 aliphatic rings. The Balaban J connectivity index is 1.70. The van der Waals surface area contributed by atoms with E-state index in [9.17, 15) is 0 Å². The fraction of sp³-hybridized carbons (Fsp3) is 0.308. The molecule has 0 bridgehead atoms. The highest BCUT2D eigenvalue weighted by atomic mass is 32.1. The number of fused-ring (bicyclic) bond motifs is 1. The first-order valence-corrected chi connectivity index (χ1v) is 7.16. The van der Waals surface area contributed by atoms with Gasteiger partial charge in [-0.25, -0.2) is 9.67 Å². The molecule has 2 aromatic heterocycles. The maximum atomic E-state index is 5.90. The number of hydrogen-bond acceptors (Lipinski definition) is 5. The maximum absolute atomic E-state index is 5.90. The Bertz CT molecular complexity index is 707. The largest absolute Gasteiger partial charge is 0.381 e. The van der Waals surface area contributed by atoms with Gasteiger partial charge in [0.25, 0.3) is 0 Å². The van der Waals surface area contributed by atoms with E-state index in [2.05, 4.69) is 21.4 Å².